The standard InChI is InChI=1S/C18H18N2S/c1-14(18-13-19-9-10-20-18)21-11-8-15-6-7-16-4-2-3-5-17(16)12-15/h2-7,9-10,12-14H,8,11H2,1H3. The lowest BCUT2D eigenvalue weighted by Gasteiger charge is -2.10. The van der Waals surface area contributed by atoms with Crippen LogP contribution >= 0.6 is 11.8 Å². The number of hydrogen-bond donors (Lipinski definition) is 0. The molecule has 1 heterocycles. The Morgan fingerprint density at radius 2 is 1.90 bits per heavy atom. The lowest BCUT2D eigenvalue weighted by molar-refractivity contribution is 0.972. The van der Waals surface area contributed by atoms with Crippen LogP contribution in [0.5, 0.6) is 0 Å². The van der Waals surface area contributed by atoms with Crippen LogP contribution in [-0.4, -0.2) is 15.7 Å². The van der Waals surface area contributed by atoms with Crippen molar-refractivity contribution in [2.45, 2.75) is 18.6 Å². The lowest BCUT2D eigenvalue weighted by atomic mass is 10.1. The van der Waals surface area contributed by atoms with Gasteiger partial charge in [0.1, 0.15) is 0 Å². The van der Waals surface area contributed by atoms with E-state index in [4.69, 9.17) is 0 Å². The minimum absolute atomic E-state index is 0.388. The van der Waals surface area contributed by atoms with Crippen LogP contribution in [0.4, 0.5) is 0 Å². The summed E-state index contributed by atoms with van der Waals surface area (Å²) in [5.41, 5.74) is 2.45. The first kappa shape index (κ1) is 14.1. The predicted octanol–water partition coefficient (Wildman–Crippen LogP) is 4.67. The molecule has 1 unspecified atom stereocenters. The fourth-order valence-electron chi connectivity index (χ4n) is 2.35. The minimum atomic E-state index is 0.388. The number of aromatic nitrogens is 2. The average molecular weight is 294 g/mol. The summed E-state index contributed by atoms with van der Waals surface area (Å²) in [6.07, 6.45) is 6.42. The molecule has 3 heteroatoms. The van der Waals surface area contributed by atoms with Gasteiger partial charge >= 0.3 is 0 Å². The van der Waals surface area contributed by atoms with E-state index in [1.165, 1.54) is 16.3 Å². The Balaban J connectivity index is 1.59. The van der Waals surface area contributed by atoms with E-state index in [-0.39, 0.29) is 0 Å². The van der Waals surface area contributed by atoms with Crippen molar-refractivity contribution >= 4 is 22.5 Å². The molecule has 0 aliphatic rings. The molecule has 0 fully saturated rings. The van der Waals surface area contributed by atoms with Gasteiger partial charge in [-0.05, 0) is 35.4 Å². The summed E-state index contributed by atoms with van der Waals surface area (Å²) in [6, 6.07) is 15.2. The average Bonchev–Trinajstić information content (AvgIpc) is 2.55. The van der Waals surface area contributed by atoms with Crippen LogP contribution in [0, 0.1) is 0 Å². The van der Waals surface area contributed by atoms with E-state index in [0.29, 0.717) is 5.25 Å². The van der Waals surface area contributed by atoms with Gasteiger partial charge in [-0.1, -0.05) is 42.5 Å². The van der Waals surface area contributed by atoms with Crippen molar-refractivity contribution in [2.24, 2.45) is 0 Å². The van der Waals surface area contributed by atoms with Crippen molar-refractivity contribution in [1.82, 2.24) is 9.97 Å². The second-order valence-corrected chi connectivity index (χ2v) is 6.52. The number of benzene rings is 2. The van der Waals surface area contributed by atoms with Crippen molar-refractivity contribution in [1.29, 1.82) is 0 Å². The summed E-state index contributed by atoms with van der Waals surface area (Å²) in [6.45, 7) is 2.19. The molecular weight excluding hydrogens is 276 g/mol. The summed E-state index contributed by atoms with van der Waals surface area (Å²) in [5, 5.41) is 3.02. The van der Waals surface area contributed by atoms with Crippen molar-refractivity contribution < 1.29 is 0 Å². The lowest BCUT2D eigenvalue weighted by Crippen LogP contribution is -1.96. The van der Waals surface area contributed by atoms with E-state index in [1.54, 1.807) is 12.4 Å². The Labute approximate surface area is 129 Å². The van der Waals surface area contributed by atoms with E-state index in [1.807, 2.05) is 18.0 Å². The Morgan fingerprint density at radius 1 is 1.05 bits per heavy atom. The molecule has 0 radical (unpaired) electrons. The highest BCUT2D eigenvalue weighted by atomic mass is 32.2. The maximum absolute atomic E-state index is 4.36. The van der Waals surface area contributed by atoms with Gasteiger partial charge in [-0.3, -0.25) is 9.97 Å². The number of aryl methyl sites for hydroxylation is 1. The number of thioether (sulfide) groups is 1. The maximum atomic E-state index is 4.36. The van der Waals surface area contributed by atoms with Crippen LogP contribution in [0.1, 0.15) is 23.4 Å². The van der Waals surface area contributed by atoms with Gasteiger partial charge in [-0.2, -0.15) is 11.8 Å². The zero-order valence-corrected chi connectivity index (χ0v) is 12.9. The molecule has 2 aromatic carbocycles. The first-order chi connectivity index (χ1) is 10.3. The van der Waals surface area contributed by atoms with Gasteiger partial charge in [0.15, 0.2) is 0 Å². The van der Waals surface area contributed by atoms with Gasteiger partial charge in [-0.25, -0.2) is 0 Å². The Bertz CT molecular complexity index is 712. The third kappa shape index (κ3) is 3.61. The Morgan fingerprint density at radius 3 is 2.71 bits per heavy atom. The Kier molecular flexibility index (Phi) is 4.51. The molecule has 3 aromatic rings. The first-order valence-corrected chi connectivity index (χ1v) is 8.23. The van der Waals surface area contributed by atoms with Crippen molar-refractivity contribution in [3.05, 3.63) is 72.3 Å². The largest absolute Gasteiger partial charge is 0.261 e. The second kappa shape index (κ2) is 6.72. The SMILES string of the molecule is CC(SCCc1ccc2ccccc2c1)c1cnccn1. The van der Waals surface area contributed by atoms with Crippen LogP contribution in [-0.2, 0) is 6.42 Å². The minimum Gasteiger partial charge on any atom is -0.261 e. The molecule has 0 bridgehead atoms. The number of rotatable bonds is 5. The highest BCUT2D eigenvalue weighted by Gasteiger charge is 2.07. The molecule has 2 nitrogen and oxygen atoms in total. The molecular formula is C18H18N2S. The molecule has 0 amide bonds. The third-order valence-electron chi connectivity index (χ3n) is 3.57. The molecule has 0 saturated carbocycles. The highest BCUT2D eigenvalue weighted by Crippen LogP contribution is 2.27. The smallest absolute Gasteiger partial charge is 0.0713 e. The van der Waals surface area contributed by atoms with E-state index in [2.05, 4.69) is 59.4 Å². The van der Waals surface area contributed by atoms with Gasteiger partial charge in [0.25, 0.3) is 0 Å². The van der Waals surface area contributed by atoms with Gasteiger partial charge in [-0.15, -0.1) is 0 Å². The topological polar surface area (TPSA) is 25.8 Å². The molecule has 21 heavy (non-hydrogen) atoms. The quantitative estimate of drug-likeness (QED) is 0.684. The first-order valence-electron chi connectivity index (χ1n) is 7.18. The molecule has 0 N–H and O–H groups in total. The van der Waals surface area contributed by atoms with Gasteiger partial charge in [0, 0.05) is 23.8 Å². The van der Waals surface area contributed by atoms with Crippen LogP contribution in [0.15, 0.2) is 61.1 Å². The molecule has 3 rings (SSSR count). The summed E-state index contributed by atoms with van der Waals surface area (Å²) in [5.74, 6) is 1.09. The number of nitrogens with zero attached hydrogens (tertiary/aromatic N) is 2. The summed E-state index contributed by atoms with van der Waals surface area (Å²) in [4.78, 5) is 8.49. The molecule has 0 aliphatic heterocycles. The van der Waals surface area contributed by atoms with Crippen molar-refractivity contribution in [3.8, 4) is 0 Å². The molecule has 0 spiro atoms. The van der Waals surface area contributed by atoms with Gasteiger partial charge in [0.2, 0.25) is 0 Å². The van der Waals surface area contributed by atoms with Gasteiger partial charge < -0.3 is 0 Å². The third-order valence-corrected chi connectivity index (χ3v) is 4.75. The fourth-order valence-corrected chi connectivity index (χ4v) is 3.35. The Hall–Kier alpha value is -1.87. The summed E-state index contributed by atoms with van der Waals surface area (Å²) in [7, 11) is 0. The fraction of sp³-hybridized carbons (Fsp3) is 0.222. The van der Waals surface area contributed by atoms with Gasteiger partial charge in [0.05, 0.1) is 5.69 Å². The summed E-state index contributed by atoms with van der Waals surface area (Å²) < 4.78 is 0. The zero-order chi connectivity index (χ0) is 14.5. The molecule has 1 atom stereocenters. The number of fused-ring (bicyclic) bond motifs is 1. The van der Waals surface area contributed by atoms with Crippen molar-refractivity contribution in [3.63, 3.8) is 0 Å². The monoisotopic (exact) mass is 294 g/mol. The van der Waals surface area contributed by atoms with Crippen molar-refractivity contribution in [2.75, 3.05) is 5.75 Å². The molecule has 0 aliphatic carbocycles. The number of hydrogen-bond acceptors (Lipinski definition) is 3. The molecule has 0 saturated heterocycles. The van der Waals surface area contributed by atoms with Crippen LogP contribution in [0.2, 0.25) is 0 Å². The van der Waals surface area contributed by atoms with Crippen LogP contribution in [0.25, 0.3) is 10.8 Å². The van der Waals surface area contributed by atoms with E-state index in [0.717, 1.165) is 17.9 Å². The second-order valence-electron chi connectivity index (χ2n) is 5.07. The predicted molar refractivity (Wildman–Crippen MR) is 90.6 cm³/mol. The van der Waals surface area contributed by atoms with E-state index < -0.39 is 0 Å². The zero-order valence-electron chi connectivity index (χ0n) is 12.1. The molecule has 1 aromatic heterocycles. The maximum Gasteiger partial charge on any atom is 0.0713 e. The molecule has 106 valence electrons. The van der Waals surface area contributed by atoms with Crippen LogP contribution < -0.4 is 0 Å². The summed E-state index contributed by atoms with van der Waals surface area (Å²) >= 11 is 1.93. The van der Waals surface area contributed by atoms with E-state index >= 15 is 0 Å². The highest BCUT2D eigenvalue weighted by molar-refractivity contribution is 7.99. The van der Waals surface area contributed by atoms with E-state index in [9.17, 15) is 0 Å². The van der Waals surface area contributed by atoms with Crippen LogP contribution in [0.3, 0.4) is 0 Å². The normalized spacial score (nSPS) is 12.4.